The monoisotopic (exact) mass is 693 g/mol. The number of benzene rings is 1. The number of hydrogen-bond acceptors (Lipinski definition) is 10. The quantitative estimate of drug-likeness (QED) is 0.286. The Labute approximate surface area is 282 Å². The number of carbonyl (C=O) groups excluding carboxylic acids is 1. The highest BCUT2D eigenvalue weighted by Gasteiger charge is 2.31. The Hall–Kier alpha value is -4.76. The molecule has 258 valence electrons. The topological polar surface area (TPSA) is 142 Å². The van der Waals surface area contributed by atoms with Gasteiger partial charge in [-0.15, -0.1) is 0 Å². The molecule has 15 heteroatoms. The molecule has 3 aromatic heterocycles. The van der Waals surface area contributed by atoms with Crippen molar-refractivity contribution in [1.82, 2.24) is 29.3 Å². The fraction of sp³-hybridized carbons (Fsp3) is 0.382. The maximum atomic E-state index is 16.0. The molecule has 0 aliphatic carbocycles. The molecule has 2 saturated heterocycles. The van der Waals surface area contributed by atoms with Crippen molar-refractivity contribution in [1.29, 1.82) is 0 Å². The van der Waals surface area contributed by atoms with Gasteiger partial charge in [0.25, 0.3) is 0 Å². The number of likely N-dealkylation sites (tertiary alicyclic amines) is 1. The second-order valence-electron chi connectivity index (χ2n) is 12.5. The van der Waals surface area contributed by atoms with Crippen LogP contribution in [0.3, 0.4) is 0 Å². The minimum Gasteiger partial charge on any atom is -0.507 e. The van der Waals surface area contributed by atoms with Crippen molar-refractivity contribution in [3.8, 4) is 22.7 Å². The van der Waals surface area contributed by atoms with Crippen molar-refractivity contribution in [3.63, 3.8) is 0 Å². The number of rotatable bonds is 7. The van der Waals surface area contributed by atoms with Crippen molar-refractivity contribution >= 4 is 32.6 Å². The van der Waals surface area contributed by atoms with Crippen LogP contribution in [-0.4, -0.2) is 100 Å². The summed E-state index contributed by atoms with van der Waals surface area (Å²) in [6, 6.07) is 5.36. The number of phenolic OH excluding ortho intramolecular Hbond substituents is 1. The van der Waals surface area contributed by atoms with Crippen molar-refractivity contribution in [2.45, 2.75) is 44.0 Å². The zero-order chi connectivity index (χ0) is 35.0. The molecule has 1 aromatic carbocycles. The number of fused-ring (bicyclic) bond motifs is 1. The zero-order valence-electron chi connectivity index (χ0n) is 27.4. The molecule has 0 saturated carbocycles. The van der Waals surface area contributed by atoms with Gasteiger partial charge in [-0.25, -0.2) is 31.5 Å². The van der Waals surface area contributed by atoms with E-state index in [1.807, 2.05) is 13.0 Å². The fourth-order valence-corrected chi connectivity index (χ4v) is 7.48. The van der Waals surface area contributed by atoms with E-state index in [2.05, 4.69) is 19.9 Å². The van der Waals surface area contributed by atoms with Gasteiger partial charge >= 0.3 is 5.69 Å². The summed E-state index contributed by atoms with van der Waals surface area (Å²) >= 11 is 0. The van der Waals surface area contributed by atoms with E-state index in [-0.39, 0.29) is 58.2 Å². The number of halogens is 2. The van der Waals surface area contributed by atoms with E-state index in [0.29, 0.717) is 13.1 Å². The lowest BCUT2D eigenvalue weighted by Gasteiger charge is -2.40. The highest BCUT2D eigenvalue weighted by Crippen LogP contribution is 2.36. The van der Waals surface area contributed by atoms with E-state index >= 15 is 8.78 Å². The van der Waals surface area contributed by atoms with Gasteiger partial charge in [0.15, 0.2) is 21.3 Å². The third-order valence-corrected chi connectivity index (χ3v) is 10.1. The van der Waals surface area contributed by atoms with Crippen LogP contribution in [0.5, 0.6) is 5.75 Å². The molecule has 0 bridgehead atoms. The smallest absolute Gasteiger partial charge is 0.355 e. The largest absolute Gasteiger partial charge is 0.507 e. The van der Waals surface area contributed by atoms with E-state index in [1.54, 1.807) is 15.9 Å². The molecule has 0 unspecified atom stereocenters. The van der Waals surface area contributed by atoms with Crippen LogP contribution in [0.15, 0.2) is 58.4 Å². The number of anilines is 1. The first kappa shape index (κ1) is 34.1. The normalized spacial score (nSPS) is 17.7. The predicted octanol–water partition coefficient (Wildman–Crippen LogP) is 3.62. The number of aromatic nitrogens is 4. The Balaban J connectivity index is 1.45. The van der Waals surface area contributed by atoms with Crippen LogP contribution in [0.25, 0.3) is 28.0 Å². The number of piperidine rings is 1. The molecule has 12 nitrogen and oxygen atoms in total. The Bertz CT molecular complexity index is 2110. The predicted molar refractivity (Wildman–Crippen MR) is 181 cm³/mol. The van der Waals surface area contributed by atoms with Crippen molar-refractivity contribution in [2.75, 3.05) is 50.4 Å². The SMILES string of the molecule is Cc1nccc(S(C)(=O)=O)c1-n1c(=O)nc(N2CCN(C(=O)/C=C/CN3CCCCC3)C[C@@H]2C)c2cc(F)c(-c3c(O)cccc3F)nc21. The molecule has 1 N–H and O–H groups in total. The maximum absolute atomic E-state index is 16.0. The summed E-state index contributed by atoms with van der Waals surface area (Å²) in [7, 11) is -3.93. The molecule has 1 amide bonds. The number of aryl methyl sites for hydroxylation is 1. The first-order valence-electron chi connectivity index (χ1n) is 16.1. The minimum atomic E-state index is -3.93. The Morgan fingerprint density at radius 3 is 2.51 bits per heavy atom. The Morgan fingerprint density at radius 2 is 1.82 bits per heavy atom. The fourth-order valence-electron chi connectivity index (χ4n) is 6.58. The summed E-state index contributed by atoms with van der Waals surface area (Å²) in [5.74, 6) is -2.62. The molecular weight excluding hydrogens is 656 g/mol. The molecule has 2 aliphatic rings. The van der Waals surface area contributed by atoms with Crippen LogP contribution in [-0.2, 0) is 14.6 Å². The van der Waals surface area contributed by atoms with Crippen LogP contribution < -0.4 is 10.6 Å². The van der Waals surface area contributed by atoms with Gasteiger partial charge in [-0.3, -0.25) is 14.7 Å². The van der Waals surface area contributed by atoms with Gasteiger partial charge < -0.3 is 14.9 Å². The van der Waals surface area contributed by atoms with Crippen LogP contribution >= 0.6 is 0 Å². The van der Waals surface area contributed by atoms with Crippen molar-refractivity contribution in [2.24, 2.45) is 0 Å². The number of carbonyl (C=O) groups is 1. The summed E-state index contributed by atoms with van der Waals surface area (Å²) in [5, 5.41) is 10.5. The molecule has 6 rings (SSSR count). The first-order chi connectivity index (χ1) is 23.3. The molecule has 0 spiro atoms. The van der Waals surface area contributed by atoms with E-state index in [0.717, 1.165) is 48.9 Å². The standard InChI is InChI=1S/C34H37F2N7O5S/c1-21-20-41(28(45)11-8-16-40-14-5-4-6-15-40)17-18-42(21)32-23-19-25(36)30(29-24(35)9-7-10-26(29)44)38-33(23)43(34(46)39-32)31-22(2)37-13-12-27(31)49(3,47)48/h7-13,19,21,44H,4-6,14-18,20H2,1-3H3/b11-8+/t21-/m0/s1. The molecule has 0 radical (unpaired) electrons. The zero-order valence-corrected chi connectivity index (χ0v) is 28.3. The number of hydrogen-bond donors (Lipinski definition) is 1. The Morgan fingerprint density at radius 1 is 1.06 bits per heavy atom. The number of phenols is 1. The molecule has 2 aliphatic heterocycles. The lowest BCUT2D eigenvalue weighted by molar-refractivity contribution is -0.126. The minimum absolute atomic E-state index is 0.0347. The average Bonchev–Trinajstić information content (AvgIpc) is 3.05. The third kappa shape index (κ3) is 6.77. The van der Waals surface area contributed by atoms with Gasteiger partial charge in [0.05, 0.1) is 27.2 Å². The molecule has 1 atom stereocenters. The van der Waals surface area contributed by atoms with Crippen molar-refractivity contribution in [3.05, 3.63) is 76.5 Å². The van der Waals surface area contributed by atoms with E-state index in [4.69, 9.17) is 0 Å². The van der Waals surface area contributed by atoms with E-state index in [9.17, 15) is 23.1 Å². The number of piperazine rings is 1. The van der Waals surface area contributed by atoms with Gasteiger partial charge in [-0.2, -0.15) is 4.98 Å². The van der Waals surface area contributed by atoms with Crippen LogP contribution in [0.2, 0.25) is 0 Å². The molecular formula is C34H37F2N7O5S. The Kier molecular flexibility index (Phi) is 9.49. The van der Waals surface area contributed by atoms with Crippen LogP contribution in [0.4, 0.5) is 14.6 Å². The van der Waals surface area contributed by atoms with Gasteiger partial charge in [-0.1, -0.05) is 18.6 Å². The summed E-state index contributed by atoms with van der Waals surface area (Å²) < 4.78 is 57.7. The molecule has 4 aromatic rings. The van der Waals surface area contributed by atoms with E-state index in [1.165, 1.54) is 37.7 Å². The number of aromatic hydroxyl groups is 1. The highest BCUT2D eigenvalue weighted by atomic mass is 32.2. The number of amides is 1. The summed E-state index contributed by atoms with van der Waals surface area (Å²) in [5.41, 5.74) is -2.26. The maximum Gasteiger partial charge on any atom is 0.355 e. The average molecular weight is 694 g/mol. The van der Waals surface area contributed by atoms with Gasteiger partial charge in [0, 0.05) is 50.7 Å². The summed E-state index contributed by atoms with van der Waals surface area (Å²) in [6.45, 7) is 6.91. The first-order valence-corrected chi connectivity index (χ1v) is 18.0. The third-order valence-electron chi connectivity index (χ3n) is 9.01. The second-order valence-corrected chi connectivity index (χ2v) is 14.5. The van der Waals surface area contributed by atoms with Crippen LogP contribution in [0.1, 0.15) is 31.9 Å². The second kappa shape index (κ2) is 13.6. The highest BCUT2D eigenvalue weighted by molar-refractivity contribution is 7.90. The number of pyridine rings is 2. The number of nitrogens with zero attached hydrogens (tertiary/aromatic N) is 7. The summed E-state index contributed by atoms with van der Waals surface area (Å²) in [4.78, 5) is 45.5. The summed E-state index contributed by atoms with van der Waals surface area (Å²) in [6.07, 6.45) is 9.26. The number of sulfone groups is 1. The lowest BCUT2D eigenvalue weighted by atomic mass is 10.1. The van der Waals surface area contributed by atoms with Crippen molar-refractivity contribution < 1.29 is 27.1 Å². The van der Waals surface area contributed by atoms with Gasteiger partial charge in [-0.05, 0) is 64.0 Å². The molecule has 5 heterocycles. The molecule has 2 fully saturated rings. The van der Waals surface area contributed by atoms with Gasteiger partial charge in [0.1, 0.15) is 23.1 Å². The molecule has 49 heavy (non-hydrogen) atoms. The van der Waals surface area contributed by atoms with Crippen LogP contribution in [0, 0.1) is 18.6 Å². The lowest BCUT2D eigenvalue weighted by Crippen LogP contribution is -2.54. The van der Waals surface area contributed by atoms with Gasteiger partial charge in [0.2, 0.25) is 5.91 Å². The van der Waals surface area contributed by atoms with E-state index < -0.39 is 44.2 Å².